The van der Waals surface area contributed by atoms with Gasteiger partial charge in [-0.05, 0) is 36.6 Å². The quantitative estimate of drug-likeness (QED) is 0.173. The number of hydrogen-bond acceptors (Lipinski definition) is 7. The Bertz CT molecular complexity index is 875. The second-order valence-corrected chi connectivity index (χ2v) is 6.42. The number of esters is 1. The van der Waals surface area contributed by atoms with Gasteiger partial charge in [-0.25, -0.2) is 4.79 Å². The van der Waals surface area contributed by atoms with Crippen LogP contribution in [-0.4, -0.2) is 51.6 Å². The third-order valence-corrected chi connectivity index (χ3v) is 4.24. The summed E-state index contributed by atoms with van der Waals surface area (Å²) in [6.07, 6.45) is -0.0565. The Hall–Kier alpha value is -3.19. The van der Waals surface area contributed by atoms with Gasteiger partial charge in [-0.2, -0.15) is 0 Å². The zero-order valence-corrected chi connectivity index (χ0v) is 17.4. The lowest BCUT2D eigenvalue weighted by molar-refractivity contribution is -0.153. The molecule has 160 valence electrons. The van der Waals surface area contributed by atoms with E-state index < -0.39 is 24.0 Å². The highest BCUT2D eigenvalue weighted by Crippen LogP contribution is 2.34. The number of benzene rings is 2. The summed E-state index contributed by atoms with van der Waals surface area (Å²) in [5.74, 6) is -1.90. The fourth-order valence-corrected chi connectivity index (χ4v) is 2.85. The van der Waals surface area contributed by atoms with E-state index >= 15 is 0 Å². The first-order valence-electron chi connectivity index (χ1n) is 9.59. The highest BCUT2D eigenvalue weighted by molar-refractivity contribution is 6.38. The first-order chi connectivity index (χ1) is 14.5. The molecule has 0 aliphatic carbocycles. The predicted molar refractivity (Wildman–Crippen MR) is 110 cm³/mol. The van der Waals surface area contributed by atoms with Gasteiger partial charge in [-0.1, -0.05) is 30.3 Å². The monoisotopic (exact) mass is 414 g/mol. The van der Waals surface area contributed by atoms with Gasteiger partial charge in [-0.15, -0.1) is 0 Å². The van der Waals surface area contributed by atoms with Crippen molar-refractivity contribution >= 4 is 17.5 Å². The maximum Gasteiger partial charge on any atom is 0.375 e. The topological polar surface area (TPSA) is 88.1 Å². The second kappa shape index (κ2) is 11.7. The van der Waals surface area contributed by atoms with Crippen LogP contribution in [0.25, 0.3) is 0 Å². The lowest BCUT2D eigenvalue weighted by Gasteiger charge is -2.16. The van der Waals surface area contributed by atoms with Crippen molar-refractivity contribution < 1.29 is 33.3 Å². The summed E-state index contributed by atoms with van der Waals surface area (Å²) >= 11 is 0. The number of carbonyl (C=O) groups excluding carboxylic acids is 3. The van der Waals surface area contributed by atoms with Gasteiger partial charge in [-0.3, -0.25) is 9.59 Å². The lowest BCUT2D eigenvalue weighted by atomic mass is 9.97. The molecule has 0 fully saturated rings. The summed E-state index contributed by atoms with van der Waals surface area (Å²) in [7, 11) is 3.01. The third-order valence-electron chi connectivity index (χ3n) is 4.24. The number of ketones is 2. The van der Waals surface area contributed by atoms with E-state index in [0.717, 1.165) is 11.1 Å². The van der Waals surface area contributed by atoms with E-state index in [1.807, 2.05) is 30.3 Å². The highest BCUT2D eigenvalue weighted by Gasteiger charge is 2.25. The van der Waals surface area contributed by atoms with Crippen LogP contribution in [0.1, 0.15) is 34.8 Å². The van der Waals surface area contributed by atoms with Crippen molar-refractivity contribution in [2.24, 2.45) is 0 Å². The number of hydrogen-bond donors (Lipinski definition) is 0. The number of ether oxygens (including phenoxy) is 4. The molecule has 0 N–H and O–H groups in total. The van der Waals surface area contributed by atoms with Crippen molar-refractivity contribution in [2.45, 2.75) is 19.8 Å². The lowest BCUT2D eigenvalue weighted by Crippen LogP contribution is -2.21. The fraction of sp³-hybridized carbons (Fsp3) is 0.348. The van der Waals surface area contributed by atoms with Gasteiger partial charge in [0, 0.05) is 7.11 Å². The molecule has 2 aromatic rings. The molecule has 0 aliphatic rings. The number of carbonyl (C=O) groups is 3. The standard InChI is InChI=1S/C23H26O7/c1-4-29-23(26)20(25)15-19(24)18-13-17(12-16-8-6-5-7-9-16)14-21(28-3)22(18)30-11-10-27-2/h5-9,13-14H,4,10-12,15H2,1-3H3. The van der Waals surface area contributed by atoms with Gasteiger partial charge < -0.3 is 18.9 Å². The molecule has 0 saturated heterocycles. The SMILES string of the molecule is CCOC(=O)C(=O)CC(=O)c1cc(Cc2ccccc2)cc(OC)c1OCCOC. The van der Waals surface area contributed by atoms with Crippen LogP contribution in [-0.2, 0) is 25.5 Å². The van der Waals surface area contributed by atoms with Crippen molar-refractivity contribution in [2.75, 3.05) is 34.0 Å². The molecule has 0 saturated carbocycles. The Balaban J connectivity index is 2.38. The molecular formula is C23H26O7. The molecule has 0 radical (unpaired) electrons. The molecule has 30 heavy (non-hydrogen) atoms. The molecule has 0 heterocycles. The molecule has 0 spiro atoms. The average Bonchev–Trinajstić information content (AvgIpc) is 2.75. The van der Waals surface area contributed by atoms with Crippen molar-refractivity contribution in [1.29, 1.82) is 0 Å². The molecule has 2 rings (SSSR count). The molecule has 0 amide bonds. The maximum absolute atomic E-state index is 12.9. The van der Waals surface area contributed by atoms with Crippen LogP contribution >= 0.6 is 0 Å². The number of methoxy groups -OCH3 is 2. The number of Topliss-reactive ketones (excluding diaryl/α,β-unsaturated/α-hetero) is 2. The van der Waals surface area contributed by atoms with E-state index in [2.05, 4.69) is 4.74 Å². The van der Waals surface area contributed by atoms with Gasteiger partial charge in [0.25, 0.3) is 0 Å². The molecule has 2 aromatic carbocycles. The maximum atomic E-state index is 12.9. The molecule has 0 bridgehead atoms. The predicted octanol–water partition coefficient (Wildman–Crippen LogP) is 3.02. The normalized spacial score (nSPS) is 10.4. The van der Waals surface area contributed by atoms with Crippen LogP contribution < -0.4 is 9.47 Å². The smallest absolute Gasteiger partial charge is 0.375 e. The van der Waals surface area contributed by atoms with Crippen molar-refractivity contribution in [3.05, 3.63) is 59.2 Å². The fourth-order valence-electron chi connectivity index (χ4n) is 2.85. The Morgan fingerprint density at radius 1 is 0.933 bits per heavy atom. The molecule has 0 aliphatic heterocycles. The van der Waals surface area contributed by atoms with Crippen LogP contribution in [0.5, 0.6) is 11.5 Å². The zero-order valence-electron chi connectivity index (χ0n) is 17.4. The first kappa shape index (κ1) is 23.1. The summed E-state index contributed by atoms with van der Waals surface area (Å²) in [6, 6.07) is 13.2. The Morgan fingerprint density at radius 3 is 2.30 bits per heavy atom. The van der Waals surface area contributed by atoms with Crippen LogP contribution in [0, 0.1) is 0 Å². The zero-order chi connectivity index (χ0) is 21.9. The minimum Gasteiger partial charge on any atom is -0.493 e. The first-order valence-corrected chi connectivity index (χ1v) is 9.59. The van der Waals surface area contributed by atoms with Gasteiger partial charge in [0.05, 0.1) is 32.3 Å². The van der Waals surface area contributed by atoms with E-state index in [4.69, 9.17) is 14.2 Å². The van der Waals surface area contributed by atoms with E-state index in [1.54, 1.807) is 19.1 Å². The van der Waals surface area contributed by atoms with E-state index in [1.165, 1.54) is 14.2 Å². The van der Waals surface area contributed by atoms with Crippen LogP contribution in [0.3, 0.4) is 0 Å². The minimum absolute atomic E-state index is 0.0600. The molecule has 7 heteroatoms. The molecule has 0 unspecified atom stereocenters. The average molecular weight is 414 g/mol. The van der Waals surface area contributed by atoms with Crippen molar-refractivity contribution in [3.63, 3.8) is 0 Å². The summed E-state index contributed by atoms with van der Waals surface area (Å²) in [5, 5.41) is 0. The van der Waals surface area contributed by atoms with Crippen LogP contribution in [0.4, 0.5) is 0 Å². The Kier molecular flexibility index (Phi) is 9.03. The Labute approximate surface area is 175 Å². The van der Waals surface area contributed by atoms with Crippen LogP contribution in [0.2, 0.25) is 0 Å². The molecule has 0 aromatic heterocycles. The summed E-state index contributed by atoms with van der Waals surface area (Å²) in [5.41, 5.74) is 2.03. The highest BCUT2D eigenvalue weighted by atomic mass is 16.5. The summed E-state index contributed by atoms with van der Waals surface area (Å²) < 4.78 is 20.8. The molecular weight excluding hydrogens is 388 g/mol. The van der Waals surface area contributed by atoms with Gasteiger partial charge in [0.15, 0.2) is 17.3 Å². The number of rotatable bonds is 12. The van der Waals surface area contributed by atoms with E-state index in [9.17, 15) is 14.4 Å². The Morgan fingerprint density at radius 2 is 1.67 bits per heavy atom. The van der Waals surface area contributed by atoms with E-state index in [0.29, 0.717) is 18.8 Å². The third kappa shape index (κ3) is 6.42. The minimum atomic E-state index is -1.03. The van der Waals surface area contributed by atoms with Gasteiger partial charge in [0.2, 0.25) is 5.78 Å². The van der Waals surface area contributed by atoms with Gasteiger partial charge in [0.1, 0.15) is 6.61 Å². The molecule has 0 atom stereocenters. The summed E-state index contributed by atoms with van der Waals surface area (Å²) in [4.78, 5) is 36.6. The van der Waals surface area contributed by atoms with Gasteiger partial charge >= 0.3 is 5.97 Å². The van der Waals surface area contributed by atoms with Crippen molar-refractivity contribution in [3.8, 4) is 11.5 Å². The largest absolute Gasteiger partial charge is 0.493 e. The second-order valence-electron chi connectivity index (χ2n) is 6.42. The molecule has 7 nitrogen and oxygen atoms in total. The summed E-state index contributed by atoms with van der Waals surface area (Å²) in [6.45, 7) is 2.15. The van der Waals surface area contributed by atoms with E-state index in [-0.39, 0.29) is 24.5 Å². The van der Waals surface area contributed by atoms with Crippen LogP contribution in [0.15, 0.2) is 42.5 Å². The van der Waals surface area contributed by atoms with Crippen molar-refractivity contribution in [1.82, 2.24) is 0 Å².